The third kappa shape index (κ3) is 4.52. The van der Waals surface area contributed by atoms with Crippen molar-refractivity contribution in [1.29, 1.82) is 0 Å². The zero-order valence-corrected chi connectivity index (χ0v) is 19.0. The largest absolute Gasteiger partial charge is 0.496 e. The molecule has 1 aromatic heterocycles. The van der Waals surface area contributed by atoms with E-state index < -0.39 is 0 Å². The van der Waals surface area contributed by atoms with E-state index in [4.69, 9.17) is 9.47 Å². The molecule has 0 N–H and O–H groups in total. The van der Waals surface area contributed by atoms with Gasteiger partial charge in [0.15, 0.2) is 5.13 Å². The molecule has 4 rings (SSSR count). The van der Waals surface area contributed by atoms with Gasteiger partial charge in [0, 0.05) is 63.4 Å². The molecule has 31 heavy (non-hydrogen) atoms. The van der Waals surface area contributed by atoms with E-state index in [2.05, 4.69) is 4.98 Å². The van der Waals surface area contributed by atoms with Crippen molar-refractivity contribution in [3.8, 4) is 17.0 Å². The van der Waals surface area contributed by atoms with Crippen LogP contribution in [0.15, 0.2) is 23.6 Å². The Labute approximate surface area is 186 Å². The summed E-state index contributed by atoms with van der Waals surface area (Å²) in [6, 6.07) is 5.45. The van der Waals surface area contributed by atoms with Gasteiger partial charge >= 0.3 is 0 Å². The molecule has 2 aromatic rings. The second-order valence-electron chi connectivity index (χ2n) is 7.94. The van der Waals surface area contributed by atoms with Crippen molar-refractivity contribution in [2.45, 2.75) is 18.9 Å². The second-order valence-corrected chi connectivity index (χ2v) is 8.78. The van der Waals surface area contributed by atoms with E-state index in [-0.39, 0.29) is 17.9 Å². The number of carbonyl (C=O) groups is 2. The minimum Gasteiger partial charge on any atom is -0.496 e. The summed E-state index contributed by atoms with van der Waals surface area (Å²) in [4.78, 5) is 35.9. The number of anilines is 1. The van der Waals surface area contributed by atoms with Crippen LogP contribution >= 0.6 is 11.3 Å². The van der Waals surface area contributed by atoms with Gasteiger partial charge in [-0.05, 0) is 31.0 Å². The van der Waals surface area contributed by atoms with E-state index in [9.17, 15) is 9.59 Å². The number of ether oxygens (including phenoxy) is 2. The molecule has 2 aliphatic rings. The Balaban J connectivity index is 1.47. The molecular weight excluding hydrogens is 416 g/mol. The summed E-state index contributed by atoms with van der Waals surface area (Å²) >= 11 is 1.54. The molecule has 2 amide bonds. The van der Waals surface area contributed by atoms with Crippen molar-refractivity contribution in [3.05, 3.63) is 29.1 Å². The van der Waals surface area contributed by atoms with E-state index in [1.807, 2.05) is 41.4 Å². The molecule has 9 heteroatoms. The Morgan fingerprint density at radius 1 is 1.19 bits per heavy atom. The maximum atomic E-state index is 13.2. The third-order valence-corrected chi connectivity index (χ3v) is 6.69. The van der Waals surface area contributed by atoms with Crippen molar-refractivity contribution in [2.24, 2.45) is 0 Å². The van der Waals surface area contributed by atoms with Gasteiger partial charge in [0.1, 0.15) is 11.9 Å². The molecule has 0 bridgehead atoms. The van der Waals surface area contributed by atoms with Crippen LogP contribution in [0.25, 0.3) is 11.3 Å². The fourth-order valence-corrected chi connectivity index (χ4v) is 4.68. The molecule has 2 fully saturated rings. The van der Waals surface area contributed by atoms with Crippen LogP contribution < -0.4 is 9.64 Å². The molecule has 1 unspecified atom stereocenters. The third-order valence-electron chi connectivity index (χ3n) is 5.68. The monoisotopic (exact) mass is 444 g/mol. The predicted octanol–water partition coefficient (Wildman–Crippen LogP) is 2.35. The number of rotatable bonds is 5. The number of piperazine rings is 1. The summed E-state index contributed by atoms with van der Waals surface area (Å²) in [5, 5.41) is 2.86. The first-order chi connectivity index (χ1) is 15.0. The quantitative estimate of drug-likeness (QED) is 0.705. The van der Waals surface area contributed by atoms with Crippen molar-refractivity contribution in [2.75, 3.05) is 58.9 Å². The first-order valence-electron chi connectivity index (χ1n) is 10.5. The fourth-order valence-electron chi connectivity index (χ4n) is 3.92. The lowest BCUT2D eigenvalue weighted by molar-refractivity contribution is -0.142. The van der Waals surface area contributed by atoms with Gasteiger partial charge in [0.2, 0.25) is 0 Å². The minimum atomic E-state index is -0.309. The smallest absolute Gasteiger partial charge is 0.254 e. The summed E-state index contributed by atoms with van der Waals surface area (Å²) in [6.07, 6.45) is 1.42. The summed E-state index contributed by atoms with van der Waals surface area (Å²) in [6.45, 7) is 2.75. The average molecular weight is 445 g/mol. The maximum Gasteiger partial charge on any atom is 0.254 e. The lowest BCUT2D eigenvalue weighted by atomic mass is 10.1. The summed E-state index contributed by atoms with van der Waals surface area (Å²) in [5.41, 5.74) is 2.17. The Morgan fingerprint density at radius 2 is 1.94 bits per heavy atom. The number of nitrogens with zero attached hydrogens (tertiary/aromatic N) is 4. The zero-order chi connectivity index (χ0) is 22.0. The van der Waals surface area contributed by atoms with Gasteiger partial charge in [-0.15, -0.1) is 11.3 Å². The topological polar surface area (TPSA) is 75.2 Å². The standard InChI is InChI=1S/C22H28N4O4S/c1-24(2)22-23-17(14-31-22)16-13-15(6-7-18(16)29-3)20(27)25-8-10-26(11-9-25)21(28)19-5-4-12-30-19/h6-7,13-14,19H,4-5,8-12H2,1-3H3. The van der Waals surface area contributed by atoms with Gasteiger partial charge in [-0.2, -0.15) is 0 Å². The molecule has 2 saturated heterocycles. The number of methoxy groups -OCH3 is 1. The van der Waals surface area contributed by atoms with Crippen molar-refractivity contribution < 1.29 is 19.1 Å². The van der Waals surface area contributed by atoms with E-state index in [1.165, 1.54) is 0 Å². The van der Waals surface area contributed by atoms with Crippen LogP contribution in [0.1, 0.15) is 23.2 Å². The SMILES string of the molecule is COc1ccc(C(=O)N2CCN(C(=O)C3CCCO3)CC2)cc1-c1csc(N(C)C)n1. The molecule has 166 valence electrons. The highest BCUT2D eigenvalue weighted by Gasteiger charge is 2.31. The van der Waals surface area contributed by atoms with Crippen molar-refractivity contribution in [3.63, 3.8) is 0 Å². The van der Waals surface area contributed by atoms with Crippen LogP contribution in [-0.4, -0.2) is 86.7 Å². The molecule has 0 spiro atoms. The fraction of sp³-hybridized carbons (Fsp3) is 0.500. The number of thiazole rings is 1. The van der Waals surface area contributed by atoms with Gasteiger partial charge in [-0.25, -0.2) is 4.98 Å². The molecule has 0 saturated carbocycles. The summed E-state index contributed by atoms with van der Waals surface area (Å²) in [7, 11) is 5.51. The van der Waals surface area contributed by atoms with Gasteiger partial charge < -0.3 is 24.2 Å². The van der Waals surface area contributed by atoms with Gasteiger partial charge in [-0.1, -0.05) is 0 Å². The number of hydrogen-bond donors (Lipinski definition) is 0. The molecule has 3 heterocycles. The summed E-state index contributed by atoms with van der Waals surface area (Å²) in [5.74, 6) is 0.687. The number of benzene rings is 1. The lowest BCUT2D eigenvalue weighted by Crippen LogP contribution is -2.52. The van der Waals surface area contributed by atoms with Crippen LogP contribution in [0.2, 0.25) is 0 Å². The molecule has 1 atom stereocenters. The molecule has 8 nitrogen and oxygen atoms in total. The predicted molar refractivity (Wildman–Crippen MR) is 120 cm³/mol. The van der Waals surface area contributed by atoms with E-state index in [0.717, 1.165) is 29.2 Å². The van der Waals surface area contributed by atoms with E-state index in [1.54, 1.807) is 29.4 Å². The maximum absolute atomic E-state index is 13.2. The van der Waals surface area contributed by atoms with Gasteiger partial charge in [-0.3, -0.25) is 9.59 Å². The molecular formula is C22H28N4O4S. The van der Waals surface area contributed by atoms with Gasteiger partial charge in [0.25, 0.3) is 11.8 Å². The Morgan fingerprint density at radius 3 is 2.55 bits per heavy atom. The minimum absolute atomic E-state index is 0.0452. The number of hydrogen-bond acceptors (Lipinski definition) is 7. The number of aromatic nitrogens is 1. The van der Waals surface area contributed by atoms with Crippen molar-refractivity contribution in [1.82, 2.24) is 14.8 Å². The Hall–Kier alpha value is -2.65. The first-order valence-corrected chi connectivity index (χ1v) is 11.4. The number of carbonyl (C=O) groups excluding carboxylic acids is 2. The first kappa shape index (κ1) is 21.6. The van der Waals surface area contributed by atoms with Crippen molar-refractivity contribution >= 4 is 28.3 Å². The normalized spacial score (nSPS) is 18.9. The number of amides is 2. The average Bonchev–Trinajstić information content (AvgIpc) is 3.50. The van der Waals surface area contributed by atoms with Crippen LogP contribution in [-0.2, 0) is 9.53 Å². The van der Waals surface area contributed by atoms with Crippen LogP contribution in [0.3, 0.4) is 0 Å². The van der Waals surface area contributed by atoms with Crippen LogP contribution in [0, 0.1) is 0 Å². The zero-order valence-electron chi connectivity index (χ0n) is 18.2. The van der Waals surface area contributed by atoms with Crippen LogP contribution in [0.5, 0.6) is 5.75 Å². The Kier molecular flexibility index (Phi) is 6.43. The summed E-state index contributed by atoms with van der Waals surface area (Å²) < 4.78 is 11.0. The molecule has 2 aliphatic heterocycles. The molecule has 0 aliphatic carbocycles. The highest BCUT2D eigenvalue weighted by molar-refractivity contribution is 7.14. The molecule has 1 aromatic carbocycles. The lowest BCUT2D eigenvalue weighted by Gasteiger charge is -2.35. The van der Waals surface area contributed by atoms with Crippen LogP contribution in [0.4, 0.5) is 5.13 Å². The highest BCUT2D eigenvalue weighted by atomic mass is 32.1. The Bertz CT molecular complexity index is 947. The van der Waals surface area contributed by atoms with E-state index >= 15 is 0 Å². The second kappa shape index (κ2) is 9.23. The molecule has 0 radical (unpaired) electrons. The highest BCUT2D eigenvalue weighted by Crippen LogP contribution is 2.34. The van der Waals surface area contributed by atoms with Gasteiger partial charge in [0.05, 0.1) is 12.8 Å². The van der Waals surface area contributed by atoms with E-state index in [0.29, 0.717) is 44.1 Å².